The summed E-state index contributed by atoms with van der Waals surface area (Å²) in [5.74, 6) is 0.467. The Labute approximate surface area is 103 Å². The average Bonchev–Trinajstić information content (AvgIpc) is 3.11. The summed E-state index contributed by atoms with van der Waals surface area (Å²) in [7, 11) is 0. The molecule has 92 valence electrons. The van der Waals surface area contributed by atoms with Crippen molar-refractivity contribution in [1.82, 2.24) is 30.5 Å². The highest BCUT2D eigenvalue weighted by Gasteiger charge is 2.19. The summed E-state index contributed by atoms with van der Waals surface area (Å²) in [5.41, 5.74) is 1.20. The summed E-state index contributed by atoms with van der Waals surface area (Å²) >= 11 is 0. The normalized spacial score (nSPS) is 15.0. The Kier molecular flexibility index (Phi) is 2.71. The van der Waals surface area contributed by atoms with E-state index in [0.29, 0.717) is 17.1 Å². The molecule has 3 rings (SSSR count). The van der Waals surface area contributed by atoms with Gasteiger partial charge in [0.15, 0.2) is 0 Å². The van der Waals surface area contributed by atoms with Gasteiger partial charge >= 0.3 is 0 Å². The number of nitrogens with zero attached hydrogens (tertiary/aromatic N) is 5. The van der Waals surface area contributed by atoms with Crippen molar-refractivity contribution >= 4 is 5.91 Å². The van der Waals surface area contributed by atoms with Crippen molar-refractivity contribution in [1.29, 1.82) is 0 Å². The molecule has 0 saturated carbocycles. The smallest absolute Gasteiger partial charge is 0.255 e. The van der Waals surface area contributed by atoms with Crippen LogP contribution in [0.25, 0.3) is 11.5 Å². The number of carbonyl (C=O) groups is 1. The second kappa shape index (κ2) is 4.52. The van der Waals surface area contributed by atoms with Crippen LogP contribution >= 0.6 is 0 Å². The fourth-order valence-electron chi connectivity index (χ4n) is 2.03. The minimum Gasteiger partial charge on any atom is -0.339 e. The number of likely N-dealkylation sites (tertiary alicyclic amines) is 1. The number of pyridine rings is 1. The molecule has 0 unspecified atom stereocenters. The molecule has 1 amide bonds. The van der Waals surface area contributed by atoms with Crippen molar-refractivity contribution in [3.8, 4) is 11.5 Å². The highest BCUT2D eigenvalue weighted by molar-refractivity contribution is 5.94. The molecule has 2 aromatic heterocycles. The number of nitrogens with one attached hydrogen (secondary N) is 1. The molecule has 0 bridgehead atoms. The van der Waals surface area contributed by atoms with E-state index in [9.17, 15) is 4.79 Å². The number of carbonyl (C=O) groups excluding carboxylic acids is 1. The second-order valence-electron chi connectivity index (χ2n) is 4.17. The van der Waals surface area contributed by atoms with E-state index in [1.54, 1.807) is 18.3 Å². The van der Waals surface area contributed by atoms with E-state index in [0.717, 1.165) is 25.9 Å². The predicted molar refractivity (Wildman–Crippen MR) is 62.5 cm³/mol. The highest BCUT2D eigenvalue weighted by Crippen LogP contribution is 2.14. The SMILES string of the molecule is O=C(c1ccc(-c2nn[nH]n2)nc1)N1CCCC1. The number of H-pyrrole nitrogens is 1. The Hall–Kier alpha value is -2.31. The molecule has 18 heavy (non-hydrogen) atoms. The molecule has 7 nitrogen and oxygen atoms in total. The first kappa shape index (κ1) is 10.8. The predicted octanol–water partition coefficient (Wildman–Crippen LogP) is 0.498. The van der Waals surface area contributed by atoms with Gasteiger partial charge in [0.1, 0.15) is 5.69 Å². The number of hydrogen-bond donors (Lipinski definition) is 1. The van der Waals surface area contributed by atoms with E-state index in [1.807, 2.05) is 4.90 Å². The number of tetrazole rings is 1. The lowest BCUT2D eigenvalue weighted by molar-refractivity contribution is 0.0792. The van der Waals surface area contributed by atoms with Crippen LogP contribution in [0.5, 0.6) is 0 Å². The van der Waals surface area contributed by atoms with Crippen LogP contribution < -0.4 is 0 Å². The Morgan fingerprint density at radius 1 is 1.28 bits per heavy atom. The molecule has 0 spiro atoms. The largest absolute Gasteiger partial charge is 0.339 e. The van der Waals surface area contributed by atoms with E-state index >= 15 is 0 Å². The molecular formula is C11H12N6O. The third kappa shape index (κ3) is 1.94. The zero-order chi connectivity index (χ0) is 12.4. The first-order chi connectivity index (χ1) is 8.84. The molecule has 3 heterocycles. The van der Waals surface area contributed by atoms with E-state index in [-0.39, 0.29) is 5.91 Å². The maximum atomic E-state index is 12.1. The third-order valence-corrected chi connectivity index (χ3v) is 2.98. The average molecular weight is 244 g/mol. The van der Waals surface area contributed by atoms with Crippen molar-refractivity contribution in [3.63, 3.8) is 0 Å². The van der Waals surface area contributed by atoms with Crippen molar-refractivity contribution < 1.29 is 4.79 Å². The van der Waals surface area contributed by atoms with Gasteiger partial charge in [-0.05, 0) is 30.2 Å². The second-order valence-corrected chi connectivity index (χ2v) is 4.17. The van der Waals surface area contributed by atoms with E-state index < -0.39 is 0 Å². The highest BCUT2D eigenvalue weighted by atomic mass is 16.2. The molecule has 0 aliphatic carbocycles. The van der Waals surface area contributed by atoms with Crippen LogP contribution in [0.1, 0.15) is 23.2 Å². The number of rotatable bonds is 2. The fraction of sp³-hybridized carbons (Fsp3) is 0.364. The Bertz CT molecular complexity index is 529. The topological polar surface area (TPSA) is 87.7 Å². The first-order valence-corrected chi connectivity index (χ1v) is 5.84. The monoisotopic (exact) mass is 244 g/mol. The quantitative estimate of drug-likeness (QED) is 0.831. The summed E-state index contributed by atoms with van der Waals surface area (Å²) in [6.45, 7) is 1.68. The molecule has 1 saturated heterocycles. The molecule has 1 aliphatic rings. The molecule has 0 radical (unpaired) electrons. The van der Waals surface area contributed by atoms with Gasteiger partial charge in [-0.15, -0.1) is 10.2 Å². The van der Waals surface area contributed by atoms with Crippen LogP contribution in [0.2, 0.25) is 0 Å². The maximum absolute atomic E-state index is 12.1. The van der Waals surface area contributed by atoms with Gasteiger partial charge in [-0.25, -0.2) is 0 Å². The molecule has 1 fully saturated rings. The third-order valence-electron chi connectivity index (χ3n) is 2.98. The number of hydrogen-bond acceptors (Lipinski definition) is 5. The zero-order valence-corrected chi connectivity index (χ0v) is 9.70. The van der Waals surface area contributed by atoms with E-state index in [1.165, 1.54) is 0 Å². The van der Waals surface area contributed by atoms with Crippen molar-refractivity contribution in [2.75, 3.05) is 13.1 Å². The van der Waals surface area contributed by atoms with Crippen LogP contribution in [0.3, 0.4) is 0 Å². The van der Waals surface area contributed by atoms with Gasteiger partial charge in [0.05, 0.1) is 5.56 Å². The summed E-state index contributed by atoms with van der Waals surface area (Å²) < 4.78 is 0. The van der Waals surface area contributed by atoms with Gasteiger partial charge < -0.3 is 4.90 Å². The minimum atomic E-state index is 0.0414. The molecule has 1 aliphatic heterocycles. The summed E-state index contributed by atoms with van der Waals surface area (Å²) in [6, 6.07) is 3.48. The van der Waals surface area contributed by atoms with Crippen molar-refractivity contribution in [3.05, 3.63) is 23.9 Å². The van der Waals surface area contributed by atoms with Crippen LogP contribution in [0, 0.1) is 0 Å². The Morgan fingerprint density at radius 3 is 2.72 bits per heavy atom. The van der Waals surface area contributed by atoms with Crippen LogP contribution in [0.15, 0.2) is 18.3 Å². The standard InChI is InChI=1S/C11H12N6O/c18-11(17-5-1-2-6-17)8-3-4-9(12-7-8)10-13-15-16-14-10/h3-4,7H,1-2,5-6H2,(H,13,14,15,16). The molecule has 7 heteroatoms. The molecule has 1 N–H and O–H groups in total. The molecule has 0 atom stereocenters. The van der Waals surface area contributed by atoms with Crippen LogP contribution in [-0.4, -0.2) is 49.5 Å². The van der Waals surface area contributed by atoms with E-state index in [4.69, 9.17) is 0 Å². The molecule has 0 aromatic carbocycles. The van der Waals surface area contributed by atoms with Gasteiger partial charge in [-0.2, -0.15) is 5.21 Å². The van der Waals surface area contributed by atoms with Crippen molar-refractivity contribution in [2.24, 2.45) is 0 Å². The van der Waals surface area contributed by atoms with Crippen LogP contribution in [-0.2, 0) is 0 Å². The number of aromatic nitrogens is 5. The lowest BCUT2D eigenvalue weighted by Gasteiger charge is -2.14. The lowest BCUT2D eigenvalue weighted by atomic mass is 10.2. The summed E-state index contributed by atoms with van der Waals surface area (Å²) in [4.78, 5) is 18.1. The van der Waals surface area contributed by atoms with Gasteiger partial charge in [-0.1, -0.05) is 0 Å². The molecule has 2 aromatic rings. The summed E-state index contributed by atoms with van der Waals surface area (Å²) in [5, 5.41) is 13.5. The first-order valence-electron chi connectivity index (χ1n) is 5.84. The lowest BCUT2D eigenvalue weighted by Crippen LogP contribution is -2.27. The van der Waals surface area contributed by atoms with Gasteiger partial charge in [0.2, 0.25) is 5.82 Å². The van der Waals surface area contributed by atoms with Crippen LogP contribution in [0.4, 0.5) is 0 Å². The van der Waals surface area contributed by atoms with Gasteiger partial charge in [-0.3, -0.25) is 9.78 Å². The fourth-order valence-corrected chi connectivity index (χ4v) is 2.03. The Morgan fingerprint density at radius 2 is 2.11 bits per heavy atom. The summed E-state index contributed by atoms with van der Waals surface area (Å²) in [6.07, 6.45) is 3.73. The Balaban J connectivity index is 1.80. The zero-order valence-electron chi connectivity index (χ0n) is 9.70. The van der Waals surface area contributed by atoms with Crippen molar-refractivity contribution in [2.45, 2.75) is 12.8 Å². The molecular weight excluding hydrogens is 232 g/mol. The maximum Gasteiger partial charge on any atom is 0.255 e. The number of amides is 1. The number of aromatic amines is 1. The van der Waals surface area contributed by atoms with Gasteiger partial charge in [0.25, 0.3) is 5.91 Å². The minimum absolute atomic E-state index is 0.0414. The van der Waals surface area contributed by atoms with Gasteiger partial charge in [0, 0.05) is 19.3 Å². The van der Waals surface area contributed by atoms with E-state index in [2.05, 4.69) is 25.6 Å².